The summed E-state index contributed by atoms with van der Waals surface area (Å²) in [6.07, 6.45) is 0.893. The van der Waals surface area contributed by atoms with Gasteiger partial charge in [0.15, 0.2) is 0 Å². The van der Waals surface area contributed by atoms with Crippen LogP contribution in [-0.2, 0) is 0 Å². The average Bonchev–Trinajstić information content (AvgIpc) is 2.18. The van der Waals surface area contributed by atoms with E-state index in [4.69, 9.17) is 5.11 Å². The molecule has 1 atom stereocenters. The van der Waals surface area contributed by atoms with Gasteiger partial charge in [-0.1, -0.05) is 15.9 Å². The van der Waals surface area contributed by atoms with Crippen LogP contribution in [0, 0.1) is 0 Å². The van der Waals surface area contributed by atoms with Gasteiger partial charge in [-0.05, 0) is 37.6 Å². The van der Waals surface area contributed by atoms with E-state index in [9.17, 15) is 4.79 Å². The van der Waals surface area contributed by atoms with Crippen molar-refractivity contribution in [1.82, 2.24) is 5.32 Å². The van der Waals surface area contributed by atoms with Gasteiger partial charge in [0.05, 0.1) is 0 Å². The Labute approximate surface area is 97.6 Å². The van der Waals surface area contributed by atoms with Crippen LogP contribution < -0.4 is 5.32 Å². The van der Waals surface area contributed by atoms with Gasteiger partial charge in [0, 0.05) is 16.9 Å². The van der Waals surface area contributed by atoms with Gasteiger partial charge in [-0.2, -0.15) is 0 Å². The zero-order valence-electron chi connectivity index (χ0n) is 8.53. The van der Waals surface area contributed by atoms with Crippen molar-refractivity contribution in [3.63, 3.8) is 0 Å². The van der Waals surface area contributed by atoms with Crippen molar-refractivity contribution in [1.29, 1.82) is 0 Å². The number of hydrogen-bond donors (Lipinski definition) is 2. The molecule has 82 valence electrons. The van der Waals surface area contributed by atoms with Gasteiger partial charge >= 0.3 is 0 Å². The Morgan fingerprint density at radius 1 is 1.47 bits per heavy atom. The van der Waals surface area contributed by atoms with E-state index >= 15 is 0 Å². The van der Waals surface area contributed by atoms with E-state index in [0.29, 0.717) is 5.56 Å². The summed E-state index contributed by atoms with van der Waals surface area (Å²) < 4.78 is 0. The molecule has 3 nitrogen and oxygen atoms in total. The average molecular weight is 272 g/mol. The molecule has 0 aromatic heterocycles. The molecule has 0 bridgehead atoms. The molecule has 0 aliphatic carbocycles. The molecule has 1 aromatic rings. The number of phenols is 1. The molecule has 1 rings (SSSR count). The second-order valence-corrected chi connectivity index (χ2v) is 4.19. The van der Waals surface area contributed by atoms with Crippen molar-refractivity contribution in [2.24, 2.45) is 0 Å². The summed E-state index contributed by atoms with van der Waals surface area (Å²) in [6.45, 7) is 1.96. The van der Waals surface area contributed by atoms with E-state index in [1.54, 1.807) is 12.1 Å². The van der Waals surface area contributed by atoms with Crippen LogP contribution in [0.15, 0.2) is 24.3 Å². The molecule has 4 heteroatoms. The summed E-state index contributed by atoms with van der Waals surface area (Å²) in [6, 6.07) is 6.36. The normalized spacial score (nSPS) is 12.1. The second-order valence-electron chi connectivity index (χ2n) is 3.40. The molecule has 1 aromatic carbocycles. The summed E-state index contributed by atoms with van der Waals surface area (Å²) in [5.41, 5.74) is 0.564. The number of alkyl halides is 1. The van der Waals surface area contributed by atoms with Crippen LogP contribution in [0.2, 0.25) is 0 Å². The molecule has 0 saturated heterocycles. The first kappa shape index (κ1) is 12.0. The van der Waals surface area contributed by atoms with E-state index in [-0.39, 0.29) is 17.7 Å². The third kappa shape index (κ3) is 3.91. The minimum Gasteiger partial charge on any atom is -0.508 e. The third-order valence-electron chi connectivity index (χ3n) is 2.05. The predicted molar refractivity (Wildman–Crippen MR) is 63.4 cm³/mol. The van der Waals surface area contributed by atoms with Crippen LogP contribution in [0.5, 0.6) is 5.75 Å². The van der Waals surface area contributed by atoms with E-state index in [2.05, 4.69) is 21.2 Å². The smallest absolute Gasteiger partial charge is 0.251 e. The molecule has 1 amide bonds. The fourth-order valence-electron chi connectivity index (χ4n) is 1.16. The van der Waals surface area contributed by atoms with Crippen LogP contribution in [0.25, 0.3) is 0 Å². The molecular weight excluding hydrogens is 258 g/mol. The van der Waals surface area contributed by atoms with Crippen LogP contribution >= 0.6 is 15.9 Å². The fourth-order valence-corrected chi connectivity index (χ4v) is 1.84. The predicted octanol–water partition coefficient (Wildman–Crippen LogP) is 2.30. The van der Waals surface area contributed by atoms with Gasteiger partial charge in [0.1, 0.15) is 5.75 Å². The van der Waals surface area contributed by atoms with Crippen molar-refractivity contribution < 1.29 is 9.90 Å². The van der Waals surface area contributed by atoms with E-state index in [1.807, 2.05) is 6.92 Å². The largest absolute Gasteiger partial charge is 0.508 e. The summed E-state index contributed by atoms with van der Waals surface area (Å²) in [5.74, 6) is 0.0588. The Balaban J connectivity index is 2.57. The Bertz CT molecular complexity index is 324. The molecule has 0 aliphatic rings. The molecular formula is C11H14BrNO2. The number of nitrogens with one attached hydrogen (secondary N) is 1. The first-order chi connectivity index (χ1) is 7.13. The van der Waals surface area contributed by atoms with Gasteiger partial charge in [-0.25, -0.2) is 0 Å². The van der Waals surface area contributed by atoms with E-state index < -0.39 is 0 Å². The van der Waals surface area contributed by atoms with Gasteiger partial charge in [-0.3, -0.25) is 4.79 Å². The maximum atomic E-state index is 11.6. The molecule has 0 heterocycles. The molecule has 15 heavy (non-hydrogen) atoms. The Morgan fingerprint density at radius 2 is 2.07 bits per heavy atom. The maximum absolute atomic E-state index is 11.6. The highest BCUT2D eigenvalue weighted by Gasteiger charge is 2.08. The maximum Gasteiger partial charge on any atom is 0.251 e. The number of rotatable bonds is 4. The van der Waals surface area contributed by atoms with Crippen molar-refractivity contribution >= 4 is 21.8 Å². The lowest BCUT2D eigenvalue weighted by molar-refractivity contribution is 0.0939. The zero-order chi connectivity index (χ0) is 11.3. The molecule has 1 unspecified atom stereocenters. The quantitative estimate of drug-likeness (QED) is 0.826. The highest BCUT2D eigenvalue weighted by atomic mass is 79.9. The summed E-state index contributed by atoms with van der Waals surface area (Å²) in [7, 11) is 0. The standard InChI is InChI=1S/C11H14BrNO2/c1-8(6-7-12)13-11(15)9-2-4-10(14)5-3-9/h2-5,8,14H,6-7H2,1H3,(H,13,15). The monoisotopic (exact) mass is 271 g/mol. The van der Waals surface area contributed by atoms with Crippen molar-refractivity contribution in [3.8, 4) is 5.75 Å². The molecule has 0 radical (unpaired) electrons. The number of halogens is 1. The summed E-state index contributed by atoms with van der Waals surface area (Å²) in [5, 5.41) is 12.8. The van der Waals surface area contributed by atoms with Crippen LogP contribution in [0.1, 0.15) is 23.7 Å². The molecule has 0 spiro atoms. The van der Waals surface area contributed by atoms with Crippen LogP contribution in [0.3, 0.4) is 0 Å². The van der Waals surface area contributed by atoms with Gasteiger partial charge in [0.25, 0.3) is 5.91 Å². The van der Waals surface area contributed by atoms with E-state index in [1.165, 1.54) is 12.1 Å². The third-order valence-corrected chi connectivity index (χ3v) is 2.51. The second kappa shape index (κ2) is 5.75. The topological polar surface area (TPSA) is 49.3 Å². The van der Waals surface area contributed by atoms with Crippen LogP contribution in [-0.4, -0.2) is 22.4 Å². The van der Waals surface area contributed by atoms with Crippen molar-refractivity contribution in [3.05, 3.63) is 29.8 Å². The highest BCUT2D eigenvalue weighted by Crippen LogP contribution is 2.09. The molecule has 0 aliphatic heterocycles. The van der Waals surface area contributed by atoms with E-state index in [0.717, 1.165) is 11.8 Å². The van der Waals surface area contributed by atoms with Gasteiger partial charge in [-0.15, -0.1) is 0 Å². The molecule has 0 saturated carbocycles. The summed E-state index contributed by atoms with van der Waals surface area (Å²) >= 11 is 3.32. The minimum atomic E-state index is -0.108. The Hall–Kier alpha value is -1.03. The van der Waals surface area contributed by atoms with Gasteiger partial charge < -0.3 is 10.4 Å². The first-order valence-electron chi connectivity index (χ1n) is 4.79. The number of amides is 1. The summed E-state index contributed by atoms with van der Waals surface area (Å²) in [4.78, 5) is 11.6. The molecule has 0 fully saturated rings. The van der Waals surface area contributed by atoms with Crippen LogP contribution in [0.4, 0.5) is 0 Å². The Kier molecular flexibility index (Phi) is 4.62. The minimum absolute atomic E-state index is 0.108. The lowest BCUT2D eigenvalue weighted by Crippen LogP contribution is -2.32. The van der Waals surface area contributed by atoms with Gasteiger partial charge in [0.2, 0.25) is 0 Å². The number of hydrogen-bond acceptors (Lipinski definition) is 2. The lowest BCUT2D eigenvalue weighted by atomic mass is 10.2. The number of carbonyl (C=O) groups excluding carboxylic acids is 1. The number of phenolic OH excluding ortho intramolecular Hbond substituents is 1. The fraction of sp³-hybridized carbons (Fsp3) is 0.364. The first-order valence-corrected chi connectivity index (χ1v) is 5.91. The Morgan fingerprint density at radius 3 is 2.60 bits per heavy atom. The number of benzene rings is 1. The molecule has 2 N–H and O–H groups in total. The SMILES string of the molecule is CC(CCBr)NC(=O)c1ccc(O)cc1. The number of aromatic hydroxyl groups is 1. The number of carbonyl (C=O) groups is 1. The van der Waals surface area contributed by atoms with Crippen molar-refractivity contribution in [2.75, 3.05) is 5.33 Å². The zero-order valence-corrected chi connectivity index (χ0v) is 10.1. The lowest BCUT2D eigenvalue weighted by Gasteiger charge is -2.12. The highest BCUT2D eigenvalue weighted by molar-refractivity contribution is 9.09. The van der Waals surface area contributed by atoms with Crippen molar-refractivity contribution in [2.45, 2.75) is 19.4 Å².